The van der Waals surface area contributed by atoms with Crippen molar-refractivity contribution in [3.63, 3.8) is 0 Å². The van der Waals surface area contributed by atoms with E-state index in [1.54, 1.807) is 0 Å². The van der Waals surface area contributed by atoms with E-state index in [1.807, 2.05) is 13.8 Å². The second-order valence-electron chi connectivity index (χ2n) is 5.15. The van der Waals surface area contributed by atoms with E-state index in [2.05, 4.69) is 0 Å². The highest BCUT2D eigenvalue weighted by molar-refractivity contribution is 5.81. The molecular formula is C15H17FO5. The number of aldehydes is 1. The minimum Gasteiger partial charge on any atom is -0.428 e. The highest BCUT2D eigenvalue weighted by atomic mass is 19.1. The zero-order valence-corrected chi connectivity index (χ0v) is 11.9. The summed E-state index contributed by atoms with van der Waals surface area (Å²) in [7, 11) is 0. The Morgan fingerprint density at radius 3 is 2.81 bits per heavy atom. The molecule has 21 heavy (non-hydrogen) atoms. The molecule has 0 aromatic heterocycles. The molecule has 0 aliphatic carbocycles. The number of carbonyl (C=O) groups is 2. The van der Waals surface area contributed by atoms with Crippen molar-refractivity contribution >= 4 is 12.4 Å². The first-order valence-electron chi connectivity index (χ1n) is 6.76. The predicted molar refractivity (Wildman–Crippen MR) is 72.2 cm³/mol. The van der Waals surface area contributed by atoms with Crippen molar-refractivity contribution in [3.8, 4) is 5.75 Å². The summed E-state index contributed by atoms with van der Waals surface area (Å²) >= 11 is 0. The van der Waals surface area contributed by atoms with E-state index in [9.17, 15) is 14.0 Å². The fourth-order valence-electron chi connectivity index (χ4n) is 2.01. The van der Waals surface area contributed by atoms with Gasteiger partial charge in [0.05, 0.1) is 18.8 Å². The number of hydrogen-bond donors (Lipinski definition) is 0. The van der Waals surface area contributed by atoms with Gasteiger partial charge in [-0.3, -0.25) is 4.79 Å². The molecule has 1 unspecified atom stereocenters. The molecule has 5 nitrogen and oxygen atoms in total. The summed E-state index contributed by atoms with van der Waals surface area (Å²) in [5.74, 6) is -1.11. The third-order valence-electron chi connectivity index (χ3n) is 3.22. The lowest BCUT2D eigenvalue weighted by Crippen LogP contribution is -2.21. The average Bonchev–Trinajstić information content (AvgIpc) is 2.93. The number of rotatable bonds is 4. The lowest BCUT2D eigenvalue weighted by Gasteiger charge is -2.13. The third kappa shape index (κ3) is 3.78. The molecule has 1 aromatic rings. The van der Waals surface area contributed by atoms with Crippen LogP contribution in [0.2, 0.25) is 0 Å². The Morgan fingerprint density at radius 2 is 2.24 bits per heavy atom. The Labute approximate surface area is 122 Å². The van der Waals surface area contributed by atoms with Crippen LogP contribution in [0.15, 0.2) is 12.1 Å². The van der Waals surface area contributed by atoms with Crippen molar-refractivity contribution in [1.29, 1.82) is 0 Å². The molecule has 6 heteroatoms. The van der Waals surface area contributed by atoms with Gasteiger partial charge in [-0.15, -0.1) is 0 Å². The number of benzene rings is 1. The standard InChI is InChI=1S/C15H17FO5/c1-9(2)10-5-11(7-17)14(13(16)6-10)21-15(18)20-12-3-4-19-8-12/h5-7,9,12H,3-4,8H2,1-2H3. The lowest BCUT2D eigenvalue weighted by molar-refractivity contribution is 0.0496. The lowest BCUT2D eigenvalue weighted by atomic mass is 10.0. The summed E-state index contributed by atoms with van der Waals surface area (Å²) in [5.41, 5.74) is 0.637. The summed E-state index contributed by atoms with van der Waals surface area (Å²) in [5, 5.41) is 0. The van der Waals surface area contributed by atoms with Crippen LogP contribution in [0.3, 0.4) is 0 Å². The Morgan fingerprint density at radius 1 is 1.48 bits per heavy atom. The molecule has 1 atom stereocenters. The van der Waals surface area contributed by atoms with Gasteiger partial charge in [-0.1, -0.05) is 13.8 Å². The Bertz CT molecular complexity index is 535. The minimum atomic E-state index is -1.04. The maximum atomic E-state index is 14.0. The van der Waals surface area contributed by atoms with Gasteiger partial charge in [0, 0.05) is 6.42 Å². The van der Waals surface area contributed by atoms with Gasteiger partial charge in [-0.05, 0) is 23.6 Å². The van der Waals surface area contributed by atoms with Gasteiger partial charge >= 0.3 is 6.16 Å². The molecular weight excluding hydrogens is 279 g/mol. The van der Waals surface area contributed by atoms with E-state index >= 15 is 0 Å². The fraction of sp³-hybridized carbons (Fsp3) is 0.467. The second kappa shape index (κ2) is 6.67. The molecule has 0 N–H and O–H groups in total. The number of ether oxygens (including phenoxy) is 3. The topological polar surface area (TPSA) is 61.8 Å². The van der Waals surface area contributed by atoms with Gasteiger partial charge in [-0.25, -0.2) is 9.18 Å². The number of halogens is 1. The predicted octanol–water partition coefficient (Wildman–Crippen LogP) is 3.07. The van der Waals surface area contributed by atoms with Crippen molar-refractivity contribution in [3.05, 3.63) is 29.1 Å². The van der Waals surface area contributed by atoms with Gasteiger partial charge in [0.1, 0.15) is 6.10 Å². The van der Waals surface area contributed by atoms with Crippen LogP contribution in [-0.2, 0) is 9.47 Å². The van der Waals surface area contributed by atoms with Gasteiger partial charge < -0.3 is 14.2 Å². The average molecular weight is 296 g/mol. The molecule has 1 aliphatic heterocycles. The van der Waals surface area contributed by atoms with Crippen LogP contribution >= 0.6 is 0 Å². The minimum absolute atomic E-state index is 0.0154. The molecule has 2 rings (SSSR count). The molecule has 0 bridgehead atoms. The molecule has 1 saturated heterocycles. The summed E-state index contributed by atoms with van der Waals surface area (Å²) in [6, 6.07) is 2.75. The summed E-state index contributed by atoms with van der Waals surface area (Å²) in [6.07, 6.45) is -0.402. The molecule has 0 amide bonds. The Kier molecular flexibility index (Phi) is 4.90. The summed E-state index contributed by atoms with van der Waals surface area (Å²) in [6.45, 7) is 4.55. The van der Waals surface area contributed by atoms with E-state index in [4.69, 9.17) is 14.2 Å². The first-order chi connectivity index (χ1) is 10.0. The quantitative estimate of drug-likeness (QED) is 0.485. The maximum Gasteiger partial charge on any atom is 0.514 e. The van der Waals surface area contributed by atoms with Crippen LogP contribution in [0.25, 0.3) is 0 Å². The van der Waals surface area contributed by atoms with Crippen molar-refractivity contribution in [2.45, 2.75) is 32.3 Å². The normalized spacial score (nSPS) is 17.8. The van der Waals surface area contributed by atoms with E-state index in [0.29, 0.717) is 31.5 Å². The number of hydrogen-bond acceptors (Lipinski definition) is 5. The van der Waals surface area contributed by atoms with Crippen molar-refractivity contribution in [2.24, 2.45) is 0 Å². The summed E-state index contributed by atoms with van der Waals surface area (Å²) in [4.78, 5) is 22.7. The van der Waals surface area contributed by atoms with Crippen LogP contribution in [0.5, 0.6) is 5.75 Å². The second-order valence-corrected chi connectivity index (χ2v) is 5.15. The van der Waals surface area contributed by atoms with Gasteiger partial charge in [0.2, 0.25) is 0 Å². The maximum absolute atomic E-state index is 14.0. The van der Waals surface area contributed by atoms with Crippen molar-refractivity contribution in [1.82, 2.24) is 0 Å². The van der Waals surface area contributed by atoms with Crippen LogP contribution in [0, 0.1) is 5.82 Å². The molecule has 0 saturated carbocycles. The monoisotopic (exact) mass is 296 g/mol. The van der Waals surface area contributed by atoms with E-state index in [1.165, 1.54) is 12.1 Å². The molecule has 114 valence electrons. The first kappa shape index (κ1) is 15.4. The summed E-state index contributed by atoms with van der Waals surface area (Å²) < 4.78 is 28.9. The van der Waals surface area contributed by atoms with Crippen LogP contribution in [-0.4, -0.2) is 31.8 Å². The molecule has 1 aromatic carbocycles. The number of carbonyl (C=O) groups excluding carboxylic acids is 2. The highest BCUT2D eigenvalue weighted by Crippen LogP contribution is 2.27. The Balaban J connectivity index is 2.14. The van der Waals surface area contributed by atoms with Crippen LogP contribution in [0.4, 0.5) is 9.18 Å². The van der Waals surface area contributed by atoms with Crippen molar-refractivity contribution in [2.75, 3.05) is 13.2 Å². The zero-order chi connectivity index (χ0) is 15.4. The van der Waals surface area contributed by atoms with Gasteiger partial charge in [0.15, 0.2) is 17.9 Å². The van der Waals surface area contributed by atoms with Crippen LogP contribution in [0.1, 0.15) is 42.1 Å². The molecule has 1 heterocycles. The van der Waals surface area contributed by atoms with Gasteiger partial charge in [0.25, 0.3) is 0 Å². The highest BCUT2D eigenvalue weighted by Gasteiger charge is 2.23. The van der Waals surface area contributed by atoms with Gasteiger partial charge in [-0.2, -0.15) is 0 Å². The largest absolute Gasteiger partial charge is 0.514 e. The SMILES string of the molecule is CC(C)c1cc(F)c(OC(=O)OC2CCOC2)c(C=O)c1. The molecule has 1 fully saturated rings. The zero-order valence-electron chi connectivity index (χ0n) is 11.9. The molecule has 0 radical (unpaired) electrons. The Hall–Kier alpha value is -1.95. The third-order valence-corrected chi connectivity index (χ3v) is 3.22. The van der Waals surface area contributed by atoms with Crippen LogP contribution < -0.4 is 4.74 Å². The van der Waals surface area contributed by atoms with E-state index < -0.39 is 23.8 Å². The smallest absolute Gasteiger partial charge is 0.428 e. The van der Waals surface area contributed by atoms with Crippen molar-refractivity contribution < 1.29 is 28.2 Å². The van der Waals surface area contributed by atoms with E-state index in [-0.39, 0.29) is 11.5 Å². The first-order valence-corrected chi connectivity index (χ1v) is 6.76. The van der Waals surface area contributed by atoms with E-state index in [0.717, 1.165) is 0 Å². The molecule has 0 spiro atoms. The fourth-order valence-corrected chi connectivity index (χ4v) is 2.01. The molecule has 1 aliphatic rings.